The number of hydrogen-bond donors (Lipinski definition) is 6. The molecule has 7 aliphatic carbocycles. The highest BCUT2D eigenvalue weighted by Crippen LogP contribution is 2.61. The molecule has 4 bridgehead atoms. The minimum absolute atomic E-state index is 0. The van der Waals surface area contributed by atoms with Crippen molar-refractivity contribution in [3.63, 3.8) is 0 Å². The Morgan fingerprint density at radius 1 is 0.458 bits per heavy atom. The first-order chi connectivity index (χ1) is 39.3. The molecule has 9 rings (SSSR count). The maximum absolute atomic E-state index is 11.8. The van der Waals surface area contributed by atoms with Gasteiger partial charge in [0.1, 0.15) is 34.7 Å². The van der Waals surface area contributed by atoms with E-state index in [1.165, 1.54) is 158 Å². The fourth-order valence-electron chi connectivity index (χ4n) is 15.2. The molecule has 83 heavy (non-hydrogen) atoms. The second-order valence-corrected chi connectivity index (χ2v) is 25.7. The van der Waals surface area contributed by atoms with Crippen LogP contribution in [0.3, 0.4) is 0 Å². The molecule has 0 spiro atoms. The zero-order valence-electron chi connectivity index (χ0n) is 54.0. The SMILES string of the molecule is C.CC[C@H](NC)C(C)=O.CN[C@@H](CC1CCCCC1)C(C)=O.CN[C@@H](CCC1CCCCC1)C(C)=O.CN[C@@H](Cc1ccc(-c2ccccc2)cc1)C(C)=O.CN[C@H](C(C)=O)C12CC3CC(CC(C3)C1)C2.CN[C@H](C(C)=O)C1CCCCC1. The van der Waals surface area contributed by atoms with E-state index >= 15 is 0 Å². The molecule has 2 aromatic rings. The Bertz CT molecular complexity index is 2090. The summed E-state index contributed by atoms with van der Waals surface area (Å²) >= 11 is 0. The third-order valence-corrected chi connectivity index (χ3v) is 19.4. The topological polar surface area (TPSA) is 175 Å². The Morgan fingerprint density at radius 2 is 0.880 bits per heavy atom. The summed E-state index contributed by atoms with van der Waals surface area (Å²) in [4.78, 5) is 67.4. The van der Waals surface area contributed by atoms with Crippen LogP contribution in [0.2, 0.25) is 0 Å². The Kier molecular flexibility index (Phi) is 37.5. The van der Waals surface area contributed by atoms with Crippen molar-refractivity contribution in [2.75, 3.05) is 42.3 Å². The third kappa shape index (κ3) is 26.8. The summed E-state index contributed by atoms with van der Waals surface area (Å²) in [5.41, 5.74) is 3.92. The molecule has 12 heteroatoms. The monoisotopic (exact) mass is 1150 g/mol. The van der Waals surface area contributed by atoms with Gasteiger partial charge in [0.25, 0.3) is 0 Å². The van der Waals surface area contributed by atoms with Crippen molar-refractivity contribution in [2.24, 2.45) is 40.9 Å². The van der Waals surface area contributed by atoms with Crippen LogP contribution >= 0.6 is 0 Å². The minimum Gasteiger partial charge on any atom is -0.311 e. The van der Waals surface area contributed by atoms with Crippen molar-refractivity contribution in [2.45, 2.75) is 259 Å². The Labute approximate surface area is 506 Å². The molecular formula is C71H122N6O6. The summed E-state index contributed by atoms with van der Waals surface area (Å²) in [6.07, 6.45) is 33.3. The van der Waals surface area contributed by atoms with Gasteiger partial charge in [-0.15, -0.1) is 0 Å². The quantitative estimate of drug-likeness (QED) is 0.0622. The van der Waals surface area contributed by atoms with Crippen LogP contribution in [-0.4, -0.2) is 113 Å². The van der Waals surface area contributed by atoms with Gasteiger partial charge in [-0.3, -0.25) is 28.8 Å². The van der Waals surface area contributed by atoms with Gasteiger partial charge in [-0.25, -0.2) is 0 Å². The van der Waals surface area contributed by atoms with Crippen LogP contribution in [0.4, 0.5) is 0 Å². The van der Waals surface area contributed by atoms with E-state index in [2.05, 4.69) is 68.3 Å². The smallest absolute Gasteiger partial charge is 0.147 e. The molecule has 7 saturated carbocycles. The van der Waals surface area contributed by atoms with Crippen LogP contribution < -0.4 is 31.9 Å². The van der Waals surface area contributed by atoms with E-state index in [1.807, 2.05) is 60.4 Å². The van der Waals surface area contributed by atoms with Crippen molar-refractivity contribution in [3.8, 4) is 11.1 Å². The lowest BCUT2D eigenvalue weighted by Crippen LogP contribution is -2.57. The second-order valence-electron chi connectivity index (χ2n) is 25.7. The highest BCUT2D eigenvalue weighted by molar-refractivity contribution is 5.84. The molecule has 0 heterocycles. The van der Waals surface area contributed by atoms with E-state index in [0.29, 0.717) is 22.9 Å². The summed E-state index contributed by atoms with van der Waals surface area (Å²) in [5, 5.41) is 18.6. The van der Waals surface area contributed by atoms with Crippen LogP contribution in [0, 0.1) is 40.9 Å². The van der Waals surface area contributed by atoms with Gasteiger partial charge < -0.3 is 31.9 Å². The molecule has 7 fully saturated rings. The summed E-state index contributed by atoms with van der Waals surface area (Å²) < 4.78 is 0. The number of ketones is 6. The standard InChI is InChI=1S/C17H19NO.C14H23NO.C12H23NO.C11H21NO.C10H19NO.C6H13NO.CH4/c1-13(19)17(18-2)12-14-8-10-16(11-9-14)15-6-4-3-5-7-15;1-9(16)13(15-2)14-6-10-3-11(7-14)5-12(4-10)8-14;1-10(14)12(13-2)9-8-11-6-4-3-5-7-11;1-9(13)11(12-2)8-10-6-4-3-5-7-10;1-8(12)10(11-2)9-6-4-3-5-7-9;1-4-6(7-3)5(2)8;/h3-11,17-18H,12H2,1-2H3;10-13,15H,3-8H2,1-2H3;11-13H,3-9H2,1-2H3;10-12H,3-8H2,1-2H3;9-11H,3-7H2,1-2H3;6-7H,4H2,1-3H3;1H4/t17-;10?,11?,12?,13-,14?;12-;11-;10-;6-;/m010010./s1. The molecule has 0 aromatic heterocycles. The molecule has 0 aliphatic heterocycles. The summed E-state index contributed by atoms with van der Waals surface area (Å²) in [7, 11) is 11.2. The molecule has 0 amide bonds. The van der Waals surface area contributed by atoms with Gasteiger partial charge in [-0.2, -0.15) is 0 Å². The van der Waals surface area contributed by atoms with Crippen LogP contribution in [0.25, 0.3) is 11.1 Å². The summed E-state index contributed by atoms with van der Waals surface area (Å²) in [6, 6.07) is 19.1. The zero-order chi connectivity index (χ0) is 60.6. The molecule has 0 unspecified atom stereocenters. The lowest BCUT2D eigenvalue weighted by molar-refractivity contribution is -0.131. The Balaban J connectivity index is 0.000000345. The van der Waals surface area contributed by atoms with Gasteiger partial charge in [0.15, 0.2) is 0 Å². The average Bonchev–Trinajstić information content (AvgIpc) is 2.21. The van der Waals surface area contributed by atoms with Gasteiger partial charge in [-0.05, 0) is 225 Å². The van der Waals surface area contributed by atoms with Gasteiger partial charge in [-0.1, -0.05) is 152 Å². The number of benzene rings is 2. The predicted octanol–water partition coefficient (Wildman–Crippen LogP) is 13.1. The van der Waals surface area contributed by atoms with Crippen molar-refractivity contribution in [3.05, 3.63) is 60.2 Å². The number of likely N-dealkylation sites (N-methyl/N-ethyl adjacent to an activating group) is 6. The molecule has 6 atom stereocenters. The van der Waals surface area contributed by atoms with Gasteiger partial charge in [0.2, 0.25) is 0 Å². The molecule has 0 saturated heterocycles. The Morgan fingerprint density at radius 3 is 1.24 bits per heavy atom. The van der Waals surface area contributed by atoms with Crippen LogP contribution in [0.1, 0.15) is 222 Å². The van der Waals surface area contributed by atoms with Crippen molar-refractivity contribution in [1.82, 2.24) is 31.9 Å². The Hall–Kier alpha value is -3.78. The minimum atomic E-state index is -0.0948. The van der Waals surface area contributed by atoms with Gasteiger partial charge in [0, 0.05) is 0 Å². The summed E-state index contributed by atoms with van der Waals surface area (Å²) in [5.74, 6) is 6.68. The first-order valence-corrected chi connectivity index (χ1v) is 32.5. The molecule has 7 aliphatic rings. The van der Waals surface area contributed by atoms with Crippen LogP contribution in [0.5, 0.6) is 0 Å². The number of carbonyl (C=O) groups is 6. The van der Waals surface area contributed by atoms with E-state index < -0.39 is 0 Å². The van der Waals surface area contributed by atoms with E-state index in [4.69, 9.17) is 0 Å². The lowest BCUT2D eigenvalue weighted by Gasteiger charge is -2.59. The number of hydrogen-bond acceptors (Lipinski definition) is 12. The number of rotatable bonds is 23. The largest absolute Gasteiger partial charge is 0.311 e. The fourth-order valence-corrected chi connectivity index (χ4v) is 15.2. The number of Topliss-reactive ketones (excluding diaryl/α,β-unsaturated/α-hetero) is 6. The highest BCUT2D eigenvalue weighted by Gasteiger charge is 2.55. The van der Waals surface area contributed by atoms with Crippen molar-refractivity contribution >= 4 is 34.7 Å². The maximum atomic E-state index is 11.8. The van der Waals surface area contributed by atoms with E-state index in [-0.39, 0.29) is 66.8 Å². The van der Waals surface area contributed by atoms with Crippen LogP contribution in [-0.2, 0) is 35.2 Å². The molecule has 0 radical (unpaired) electrons. The lowest BCUT2D eigenvalue weighted by atomic mass is 9.47. The average molecular weight is 1160 g/mol. The normalized spacial score (nSPS) is 23.2. The fraction of sp³-hybridized carbons (Fsp3) is 0.746. The molecule has 2 aromatic carbocycles. The first kappa shape index (κ1) is 75.3. The molecular weight excluding hydrogens is 1030 g/mol. The third-order valence-electron chi connectivity index (χ3n) is 19.4. The van der Waals surface area contributed by atoms with E-state index in [9.17, 15) is 28.8 Å². The number of nitrogens with one attached hydrogen (secondary N) is 6. The molecule has 6 N–H and O–H groups in total. The zero-order valence-corrected chi connectivity index (χ0v) is 54.0. The maximum Gasteiger partial charge on any atom is 0.147 e. The van der Waals surface area contributed by atoms with Crippen molar-refractivity contribution in [1.29, 1.82) is 0 Å². The van der Waals surface area contributed by atoms with Crippen LogP contribution in [0.15, 0.2) is 54.6 Å². The highest BCUT2D eigenvalue weighted by atomic mass is 16.1. The molecule has 12 nitrogen and oxygen atoms in total. The van der Waals surface area contributed by atoms with Crippen molar-refractivity contribution < 1.29 is 28.8 Å². The van der Waals surface area contributed by atoms with Gasteiger partial charge in [0.05, 0.1) is 36.3 Å². The van der Waals surface area contributed by atoms with E-state index in [0.717, 1.165) is 55.3 Å². The second kappa shape index (κ2) is 41.3. The first-order valence-electron chi connectivity index (χ1n) is 32.5. The van der Waals surface area contributed by atoms with E-state index in [1.54, 1.807) is 48.6 Å². The number of carbonyl (C=O) groups excluding carboxylic acids is 6. The predicted molar refractivity (Wildman–Crippen MR) is 348 cm³/mol. The summed E-state index contributed by atoms with van der Waals surface area (Å²) in [6.45, 7) is 12.0. The molecule has 472 valence electrons. The van der Waals surface area contributed by atoms with Gasteiger partial charge >= 0.3 is 0 Å².